The molecule has 1 amide bonds. The van der Waals surface area contributed by atoms with Gasteiger partial charge in [0.05, 0.1) is 5.92 Å². The average molecular weight is 272 g/mol. The Morgan fingerprint density at radius 3 is 2.42 bits per heavy atom. The van der Waals surface area contributed by atoms with Crippen molar-refractivity contribution in [2.75, 3.05) is 11.9 Å². The summed E-state index contributed by atoms with van der Waals surface area (Å²) >= 11 is 0. The predicted octanol–water partition coefficient (Wildman–Crippen LogP) is 2.43. The molecule has 1 aromatic rings. The number of carbonyl (C=O) groups excluding carboxylic acids is 1. The molecule has 1 heterocycles. The van der Waals surface area contributed by atoms with Crippen LogP contribution in [0.25, 0.3) is 0 Å². The summed E-state index contributed by atoms with van der Waals surface area (Å²) < 4.78 is 38.8. The zero-order chi connectivity index (χ0) is 14.0. The first-order chi connectivity index (χ1) is 8.97. The molecule has 0 aromatic heterocycles. The zero-order valence-corrected chi connectivity index (χ0v) is 10.5. The van der Waals surface area contributed by atoms with Crippen molar-refractivity contribution in [1.82, 2.24) is 5.32 Å². The molecule has 0 aliphatic carbocycles. The van der Waals surface area contributed by atoms with Crippen LogP contribution in [0.1, 0.15) is 19.8 Å². The Morgan fingerprint density at radius 2 is 1.89 bits per heavy atom. The topological polar surface area (TPSA) is 41.1 Å². The first kappa shape index (κ1) is 13.9. The van der Waals surface area contributed by atoms with Crippen LogP contribution in [-0.2, 0) is 4.79 Å². The fourth-order valence-electron chi connectivity index (χ4n) is 2.09. The second-order valence-electron chi connectivity index (χ2n) is 4.83. The van der Waals surface area contributed by atoms with Crippen LogP contribution in [0, 0.1) is 23.4 Å². The molecular weight excluding hydrogens is 257 g/mol. The van der Waals surface area contributed by atoms with Crippen LogP contribution in [0.15, 0.2) is 12.1 Å². The molecule has 2 unspecified atom stereocenters. The van der Waals surface area contributed by atoms with E-state index >= 15 is 0 Å². The van der Waals surface area contributed by atoms with Crippen molar-refractivity contribution in [1.29, 1.82) is 0 Å². The zero-order valence-electron chi connectivity index (χ0n) is 10.5. The summed E-state index contributed by atoms with van der Waals surface area (Å²) in [6.07, 6.45) is 1.58. The minimum absolute atomic E-state index is 0.0694. The van der Waals surface area contributed by atoms with Crippen molar-refractivity contribution in [3.8, 4) is 0 Å². The average Bonchev–Trinajstić information content (AvgIpc) is 2.36. The molecule has 104 valence electrons. The Bertz CT molecular complexity index is 462. The molecule has 3 nitrogen and oxygen atoms in total. The first-order valence-corrected chi connectivity index (χ1v) is 6.16. The second-order valence-corrected chi connectivity index (χ2v) is 4.83. The smallest absolute Gasteiger partial charge is 0.228 e. The van der Waals surface area contributed by atoms with Crippen molar-refractivity contribution in [2.24, 2.45) is 5.92 Å². The Labute approximate surface area is 109 Å². The van der Waals surface area contributed by atoms with Gasteiger partial charge in [-0.3, -0.25) is 4.79 Å². The highest BCUT2D eigenvalue weighted by Crippen LogP contribution is 2.20. The maximum absolute atomic E-state index is 13.0. The molecule has 1 aliphatic rings. The van der Waals surface area contributed by atoms with Crippen LogP contribution in [0.5, 0.6) is 0 Å². The number of amides is 1. The van der Waals surface area contributed by atoms with Gasteiger partial charge in [0.25, 0.3) is 0 Å². The summed E-state index contributed by atoms with van der Waals surface area (Å²) in [5.74, 6) is -4.72. The molecule has 19 heavy (non-hydrogen) atoms. The minimum atomic E-state index is -1.54. The largest absolute Gasteiger partial charge is 0.326 e. The van der Waals surface area contributed by atoms with Gasteiger partial charge in [-0.15, -0.1) is 0 Å². The first-order valence-electron chi connectivity index (χ1n) is 6.16. The van der Waals surface area contributed by atoms with Crippen LogP contribution >= 0.6 is 0 Å². The van der Waals surface area contributed by atoms with E-state index in [1.807, 2.05) is 6.92 Å². The van der Waals surface area contributed by atoms with E-state index in [1.165, 1.54) is 0 Å². The Kier molecular flexibility index (Phi) is 4.09. The van der Waals surface area contributed by atoms with Crippen molar-refractivity contribution in [2.45, 2.75) is 25.8 Å². The maximum atomic E-state index is 13.0. The van der Waals surface area contributed by atoms with Gasteiger partial charge in [0.15, 0.2) is 17.5 Å². The highest BCUT2D eigenvalue weighted by atomic mass is 19.2. The number of hydrogen-bond donors (Lipinski definition) is 2. The molecule has 1 aliphatic heterocycles. The fraction of sp³-hybridized carbons (Fsp3) is 0.462. The number of piperidine rings is 1. The van der Waals surface area contributed by atoms with Crippen LogP contribution < -0.4 is 10.6 Å². The molecular formula is C13H15F3N2O. The molecule has 6 heteroatoms. The number of benzene rings is 1. The third kappa shape index (κ3) is 3.26. The van der Waals surface area contributed by atoms with Crippen molar-refractivity contribution < 1.29 is 18.0 Å². The summed E-state index contributed by atoms with van der Waals surface area (Å²) in [6, 6.07) is 1.91. The molecule has 1 fully saturated rings. The number of halogens is 3. The lowest BCUT2D eigenvalue weighted by atomic mass is 9.95. The Balaban J connectivity index is 2.03. The summed E-state index contributed by atoms with van der Waals surface area (Å²) in [5.41, 5.74) is -0.0694. The number of carbonyl (C=O) groups is 1. The fourth-order valence-corrected chi connectivity index (χ4v) is 2.09. The van der Waals surface area contributed by atoms with Crippen molar-refractivity contribution in [3.05, 3.63) is 29.6 Å². The molecule has 1 saturated heterocycles. The lowest BCUT2D eigenvalue weighted by molar-refractivity contribution is -0.120. The van der Waals surface area contributed by atoms with Crippen LogP contribution in [0.2, 0.25) is 0 Å². The predicted molar refractivity (Wildman–Crippen MR) is 65.1 cm³/mol. The molecule has 2 atom stereocenters. The number of rotatable bonds is 2. The highest BCUT2D eigenvalue weighted by molar-refractivity contribution is 5.92. The van der Waals surface area contributed by atoms with Gasteiger partial charge in [0.2, 0.25) is 5.91 Å². The lowest BCUT2D eigenvalue weighted by Gasteiger charge is -2.26. The van der Waals surface area contributed by atoms with E-state index in [0.717, 1.165) is 18.6 Å². The van der Waals surface area contributed by atoms with Gasteiger partial charge in [-0.1, -0.05) is 0 Å². The van der Waals surface area contributed by atoms with Crippen LogP contribution in [-0.4, -0.2) is 18.5 Å². The van der Waals surface area contributed by atoms with Gasteiger partial charge in [-0.25, -0.2) is 13.2 Å². The molecule has 2 N–H and O–H groups in total. The maximum Gasteiger partial charge on any atom is 0.228 e. The highest BCUT2D eigenvalue weighted by Gasteiger charge is 2.24. The molecule has 1 aromatic carbocycles. The molecule has 0 saturated carbocycles. The normalized spacial score (nSPS) is 23.2. The third-order valence-corrected chi connectivity index (χ3v) is 3.28. The van der Waals surface area contributed by atoms with Gasteiger partial charge < -0.3 is 10.6 Å². The number of nitrogens with one attached hydrogen (secondary N) is 2. The Morgan fingerprint density at radius 1 is 1.26 bits per heavy atom. The third-order valence-electron chi connectivity index (χ3n) is 3.28. The molecule has 0 bridgehead atoms. The van der Waals surface area contributed by atoms with E-state index in [2.05, 4.69) is 10.6 Å². The van der Waals surface area contributed by atoms with E-state index in [0.29, 0.717) is 19.0 Å². The van der Waals surface area contributed by atoms with E-state index in [4.69, 9.17) is 0 Å². The van der Waals surface area contributed by atoms with E-state index < -0.39 is 17.5 Å². The van der Waals surface area contributed by atoms with Gasteiger partial charge in [-0.05, 0) is 19.8 Å². The van der Waals surface area contributed by atoms with E-state index in [-0.39, 0.29) is 17.5 Å². The lowest BCUT2D eigenvalue weighted by Crippen LogP contribution is -2.41. The standard InChI is InChI=1S/C13H15F3N2O/c1-7-2-3-8(6-17-7)13(19)18-9-4-10(14)12(16)11(15)5-9/h4-5,7-8,17H,2-3,6H2,1H3,(H,18,19). The molecule has 0 spiro atoms. The summed E-state index contributed by atoms with van der Waals surface area (Å²) in [6.45, 7) is 2.55. The summed E-state index contributed by atoms with van der Waals surface area (Å²) in [7, 11) is 0. The van der Waals surface area contributed by atoms with Crippen molar-refractivity contribution in [3.63, 3.8) is 0 Å². The van der Waals surface area contributed by atoms with Crippen LogP contribution in [0.4, 0.5) is 18.9 Å². The van der Waals surface area contributed by atoms with Crippen molar-refractivity contribution >= 4 is 11.6 Å². The van der Waals surface area contributed by atoms with Crippen LogP contribution in [0.3, 0.4) is 0 Å². The van der Waals surface area contributed by atoms with Gasteiger partial charge >= 0.3 is 0 Å². The number of hydrogen-bond acceptors (Lipinski definition) is 2. The summed E-state index contributed by atoms with van der Waals surface area (Å²) in [4.78, 5) is 11.9. The molecule has 2 rings (SSSR count). The minimum Gasteiger partial charge on any atom is -0.326 e. The Hall–Kier alpha value is -1.56. The number of anilines is 1. The van der Waals surface area contributed by atoms with Gasteiger partial charge in [0.1, 0.15) is 0 Å². The van der Waals surface area contributed by atoms with E-state index in [1.54, 1.807) is 0 Å². The SMILES string of the molecule is CC1CCC(C(=O)Nc2cc(F)c(F)c(F)c2)CN1. The second kappa shape index (κ2) is 5.61. The monoisotopic (exact) mass is 272 g/mol. The molecule has 0 radical (unpaired) electrons. The summed E-state index contributed by atoms with van der Waals surface area (Å²) in [5, 5.41) is 5.57. The van der Waals surface area contributed by atoms with E-state index in [9.17, 15) is 18.0 Å². The quantitative estimate of drug-likeness (QED) is 0.812. The van der Waals surface area contributed by atoms with Gasteiger partial charge in [-0.2, -0.15) is 0 Å². The van der Waals surface area contributed by atoms with Gasteiger partial charge in [0, 0.05) is 30.4 Å².